The first-order valence-electron chi connectivity index (χ1n) is 7.90. The smallest absolute Gasteiger partial charge is 0.182 e. The molecule has 0 heterocycles. The molecule has 0 N–H and O–H groups in total. The van der Waals surface area contributed by atoms with Gasteiger partial charge in [-0.25, -0.2) is 12.8 Å². The molecular weight excluding hydrogens is 367 g/mol. The van der Waals surface area contributed by atoms with Gasteiger partial charge in [-0.3, -0.25) is 0 Å². The van der Waals surface area contributed by atoms with Gasteiger partial charge in [0.1, 0.15) is 17.3 Å². The van der Waals surface area contributed by atoms with Gasteiger partial charge in [0, 0.05) is 13.2 Å². The number of methoxy groups -OCH3 is 1. The minimum atomic E-state index is -3.52. The molecule has 0 spiro atoms. The van der Waals surface area contributed by atoms with E-state index >= 15 is 0 Å². The van der Waals surface area contributed by atoms with Crippen LogP contribution in [-0.4, -0.2) is 26.9 Å². The van der Waals surface area contributed by atoms with Crippen molar-refractivity contribution >= 4 is 21.4 Å². The normalized spacial score (nSPS) is 20.6. The fourth-order valence-electron chi connectivity index (χ4n) is 2.99. The summed E-state index contributed by atoms with van der Waals surface area (Å²) in [6.45, 7) is 0. The molecule has 0 aromatic heterocycles. The number of sulfone groups is 1. The molecule has 1 saturated carbocycles. The monoisotopic (exact) mass is 384 g/mol. The predicted octanol–water partition coefficient (Wildman–Crippen LogP) is 4.61. The quantitative estimate of drug-likeness (QED) is 0.755. The standard InChI is InChI=1S/C18H18ClFO4S/c1-23-14-6-8-16(10-14)25(21,22)18-9-7-15(11-17(18)19)24-13-4-2-12(20)3-5-13/h2-5,7,9,11,14,16H,6,8,10H2,1H3/t14-,16-/m0/s1. The summed E-state index contributed by atoms with van der Waals surface area (Å²) in [4.78, 5) is 0.0994. The summed E-state index contributed by atoms with van der Waals surface area (Å²) in [5.74, 6) is 0.460. The van der Waals surface area contributed by atoms with Gasteiger partial charge in [-0.15, -0.1) is 0 Å². The molecule has 0 unspecified atom stereocenters. The second kappa shape index (κ2) is 7.32. The Balaban J connectivity index is 1.81. The van der Waals surface area contributed by atoms with Crippen molar-refractivity contribution in [2.24, 2.45) is 0 Å². The lowest BCUT2D eigenvalue weighted by molar-refractivity contribution is 0.109. The van der Waals surface area contributed by atoms with Gasteiger partial charge in [0.25, 0.3) is 0 Å². The average Bonchev–Trinajstić information content (AvgIpc) is 3.07. The van der Waals surface area contributed by atoms with Crippen molar-refractivity contribution in [3.8, 4) is 11.5 Å². The Labute approximate surface area is 151 Å². The second-order valence-corrected chi connectivity index (χ2v) is 8.59. The first-order valence-corrected chi connectivity index (χ1v) is 9.82. The Hall–Kier alpha value is -1.63. The molecule has 3 rings (SSSR count). The SMILES string of the molecule is CO[C@H]1CC[C@H](S(=O)(=O)c2ccc(Oc3ccc(F)cc3)cc2Cl)C1. The van der Waals surface area contributed by atoms with Crippen molar-refractivity contribution in [2.75, 3.05) is 7.11 Å². The summed E-state index contributed by atoms with van der Waals surface area (Å²) in [5.41, 5.74) is 0. The van der Waals surface area contributed by atoms with E-state index in [1.807, 2.05) is 0 Å². The fraction of sp³-hybridized carbons (Fsp3) is 0.333. The van der Waals surface area contributed by atoms with E-state index in [1.54, 1.807) is 13.2 Å². The summed E-state index contributed by atoms with van der Waals surface area (Å²) in [7, 11) is -1.93. The van der Waals surface area contributed by atoms with Crippen LogP contribution in [-0.2, 0) is 14.6 Å². The van der Waals surface area contributed by atoms with Crippen LogP contribution in [0.4, 0.5) is 4.39 Å². The van der Waals surface area contributed by atoms with Crippen molar-refractivity contribution in [2.45, 2.75) is 35.5 Å². The Kier molecular flexibility index (Phi) is 5.32. The van der Waals surface area contributed by atoms with E-state index < -0.39 is 15.1 Å². The maximum Gasteiger partial charge on any atom is 0.182 e. The molecule has 4 nitrogen and oxygen atoms in total. The van der Waals surface area contributed by atoms with Crippen molar-refractivity contribution in [1.82, 2.24) is 0 Å². The lowest BCUT2D eigenvalue weighted by atomic mass is 10.3. The molecule has 0 amide bonds. The van der Waals surface area contributed by atoms with E-state index in [0.717, 1.165) is 6.42 Å². The lowest BCUT2D eigenvalue weighted by Crippen LogP contribution is -2.20. The Morgan fingerprint density at radius 2 is 1.76 bits per heavy atom. The van der Waals surface area contributed by atoms with Crippen LogP contribution < -0.4 is 4.74 Å². The van der Waals surface area contributed by atoms with Crippen LogP contribution in [0.2, 0.25) is 5.02 Å². The third-order valence-corrected chi connectivity index (χ3v) is 7.07. The third kappa shape index (κ3) is 3.97. The van der Waals surface area contributed by atoms with Gasteiger partial charge in [0.15, 0.2) is 9.84 Å². The summed E-state index contributed by atoms with van der Waals surface area (Å²) in [5, 5.41) is -0.376. The van der Waals surface area contributed by atoms with Crippen molar-refractivity contribution in [3.05, 3.63) is 53.3 Å². The summed E-state index contributed by atoms with van der Waals surface area (Å²) in [6, 6.07) is 9.99. The highest BCUT2D eigenvalue weighted by Gasteiger charge is 2.36. The lowest BCUT2D eigenvalue weighted by Gasteiger charge is -2.14. The van der Waals surface area contributed by atoms with Crippen LogP contribution in [0.3, 0.4) is 0 Å². The van der Waals surface area contributed by atoms with Crippen molar-refractivity contribution in [1.29, 1.82) is 0 Å². The minimum Gasteiger partial charge on any atom is -0.457 e. The molecule has 134 valence electrons. The van der Waals surface area contributed by atoms with Crippen LogP contribution in [0.5, 0.6) is 11.5 Å². The summed E-state index contributed by atoms with van der Waals surface area (Å²) >= 11 is 6.20. The highest BCUT2D eigenvalue weighted by molar-refractivity contribution is 7.92. The zero-order chi connectivity index (χ0) is 18.0. The molecule has 1 aliphatic rings. The van der Waals surface area contributed by atoms with Gasteiger partial charge < -0.3 is 9.47 Å². The first-order chi connectivity index (χ1) is 11.9. The number of ether oxygens (including phenoxy) is 2. The number of hydrogen-bond acceptors (Lipinski definition) is 4. The maximum absolute atomic E-state index is 12.9. The molecule has 2 aromatic carbocycles. The Bertz CT molecular complexity index is 852. The largest absolute Gasteiger partial charge is 0.457 e. The molecule has 2 aromatic rings. The summed E-state index contributed by atoms with van der Waals surface area (Å²) < 4.78 is 49.4. The third-order valence-electron chi connectivity index (χ3n) is 4.37. The number of hydrogen-bond donors (Lipinski definition) is 0. The highest BCUT2D eigenvalue weighted by Crippen LogP contribution is 2.36. The van der Waals surface area contributed by atoms with Crippen LogP contribution >= 0.6 is 11.6 Å². The van der Waals surface area contributed by atoms with Crippen LogP contribution in [0.15, 0.2) is 47.4 Å². The van der Waals surface area contributed by atoms with Gasteiger partial charge >= 0.3 is 0 Å². The molecule has 7 heteroatoms. The van der Waals surface area contributed by atoms with E-state index in [4.69, 9.17) is 21.1 Å². The Morgan fingerprint density at radius 3 is 2.36 bits per heavy atom. The molecule has 1 aliphatic carbocycles. The van der Waals surface area contributed by atoms with Gasteiger partial charge in [-0.1, -0.05) is 11.6 Å². The van der Waals surface area contributed by atoms with Gasteiger partial charge in [-0.2, -0.15) is 0 Å². The predicted molar refractivity (Wildman–Crippen MR) is 93.5 cm³/mol. The molecule has 25 heavy (non-hydrogen) atoms. The first kappa shape index (κ1) is 18.2. The van der Waals surface area contributed by atoms with Gasteiger partial charge in [0.2, 0.25) is 0 Å². The van der Waals surface area contributed by atoms with Gasteiger partial charge in [-0.05, 0) is 55.7 Å². The van der Waals surface area contributed by atoms with E-state index in [1.165, 1.54) is 36.4 Å². The van der Waals surface area contributed by atoms with Crippen LogP contribution in [0.25, 0.3) is 0 Å². The molecule has 0 aliphatic heterocycles. The fourth-order valence-corrected chi connectivity index (χ4v) is 5.35. The molecule has 1 fully saturated rings. The van der Waals surface area contributed by atoms with Crippen molar-refractivity contribution < 1.29 is 22.3 Å². The molecular formula is C18H18ClFO4S. The second-order valence-electron chi connectivity index (χ2n) is 5.99. The van der Waals surface area contributed by atoms with E-state index in [0.29, 0.717) is 24.3 Å². The zero-order valence-electron chi connectivity index (χ0n) is 13.6. The highest BCUT2D eigenvalue weighted by atomic mass is 35.5. The average molecular weight is 385 g/mol. The minimum absolute atomic E-state index is 0.0281. The molecule has 2 atom stereocenters. The van der Waals surface area contributed by atoms with E-state index in [2.05, 4.69) is 0 Å². The van der Waals surface area contributed by atoms with Crippen LogP contribution in [0.1, 0.15) is 19.3 Å². The molecule has 0 bridgehead atoms. The number of halogens is 2. The van der Waals surface area contributed by atoms with Crippen LogP contribution in [0, 0.1) is 5.82 Å². The topological polar surface area (TPSA) is 52.6 Å². The molecule has 0 radical (unpaired) electrons. The zero-order valence-corrected chi connectivity index (χ0v) is 15.2. The summed E-state index contributed by atoms with van der Waals surface area (Å²) in [6.07, 6.45) is 1.73. The number of benzene rings is 2. The maximum atomic E-state index is 12.9. The van der Waals surface area contributed by atoms with Crippen molar-refractivity contribution in [3.63, 3.8) is 0 Å². The van der Waals surface area contributed by atoms with E-state index in [-0.39, 0.29) is 21.8 Å². The number of rotatable bonds is 5. The molecule has 0 saturated heterocycles. The van der Waals surface area contributed by atoms with Gasteiger partial charge in [0.05, 0.1) is 21.3 Å². The Morgan fingerprint density at radius 1 is 1.08 bits per heavy atom. The van der Waals surface area contributed by atoms with E-state index in [9.17, 15) is 12.8 Å².